The van der Waals surface area contributed by atoms with Crippen LogP contribution in [0.25, 0.3) is 0 Å². The summed E-state index contributed by atoms with van der Waals surface area (Å²) in [5, 5.41) is 7.93. The van der Waals surface area contributed by atoms with Crippen LogP contribution in [0.3, 0.4) is 0 Å². The Kier molecular flexibility index (Phi) is 7.15. The van der Waals surface area contributed by atoms with Crippen LogP contribution in [0, 0.1) is 6.92 Å². The van der Waals surface area contributed by atoms with Gasteiger partial charge in [-0.1, -0.05) is 51.1 Å². The van der Waals surface area contributed by atoms with Gasteiger partial charge >= 0.3 is 11.8 Å². The molecule has 0 saturated heterocycles. The predicted molar refractivity (Wildman–Crippen MR) is 116 cm³/mol. The van der Waals surface area contributed by atoms with Gasteiger partial charge in [0.1, 0.15) is 0 Å². The predicted octanol–water partition coefficient (Wildman–Crippen LogP) is 3.55. The molecule has 0 unspecified atom stereocenters. The van der Waals surface area contributed by atoms with Gasteiger partial charge in [-0.05, 0) is 47.6 Å². The summed E-state index contributed by atoms with van der Waals surface area (Å²) in [6.45, 7) is 10.0. The summed E-state index contributed by atoms with van der Waals surface area (Å²) in [4.78, 5) is 35.5. The fourth-order valence-electron chi connectivity index (χ4n) is 2.85. The smallest absolute Gasteiger partial charge is 0.313 e. The molecule has 0 fully saturated rings. The summed E-state index contributed by atoms with van der Waals surface area (Å²) in [5.41, 5.74) is 4.20. The quantitative estimate of drug-likeness (QED) is 0.677. The van der Waals surface area contributed by atoms with Crippen molar-refractivity contribution in [3.05, 3.63) is 59.2 Å². The van der Waals surface area contributed by atoms with Crippen molar-refractivity contribution in [3.63, 3.8) is 0 Å². The van der Waals surface area contributed by atoms with Crippen molar-refractivity contribution in [3.8, 4) is 0 Å². The maximum absolute atomic E-state index is 12.2. The van der Waals surface area contributed by atoms with E-state index in [1.54, 1.807) is 25.1 Å². The van der Waals surface area contributed by atoms with Gasteiger partial charge in [0.25, 0.3) is 0 Å². The molecule has 2 aromatic rings. The Hall–Kier alpha value is -3.15. The molecule has 0 heterocycles. The molecule has 2 aromatic carbocycles. The number of rotatable bonds is 5. The molecule has 0 spiro atoms. The monoisotopic (exact) mass is 395 g/mol. The number of carbonyl (C=O) groups is 3. The molecule has 2 rings (SSSR count). The Morgan fingerprint density at radius 3 is 2.00 bits per heavy atom. The molecule has 3 N–H and O–H groups in total. The first-order valence-corrected chi connectivity index (χ1v) is 9.63. The minimum absolute atomic E-state index is 0.0974. The second-order valence-corrected chi connectivity index (χ2v) is 8.07. The molecule has 0 saturated carbocycles. The third kappa shape index (κ3) is 6.45. The number of carbonyl (C=O) groups excluding carboxylic acids is 3. The van der Waals surface area contributed by atoms with Crippen LogP contribution in [0.15, 0.2) is 42.5 Å². The maximum Gasteiger partial charge on any atom is 0.313 e. The fourth-order valence-corrected chi connectivity index (χ4v) is 2.85. The number of benzene rings is 2. The van der Waals surface area contributed by atoms with E-state index in [4.69, 9.17) is 0 Å². The average molecular weight is 396 g/mol. The van der Waals surface area contributed by atoms with E-state index in [0.717, 1.165) is 5.56 Å². The van der Waals surface area contributed by atoms with Crippen LogP contribution in [0.2, 0.25) is 0 Å². The minimum atomic E-state index is -0.740. The minimum Gasteiger partial charge on any atom is -0.347 e. The van der Waals surface area contributed by atoms with E-state index in [0.29, 0.717) is 29.9 Å². The molecule has 0 aliphatic heterocycles. The highest BCUT2D eigenvalue weighted by Gasteiger charge is 2.16. The van der Waals surface area contributed by atoms with Gasteiger partial charge in [-0.3, -0.25) is 14.4 Å². The van der Waals surface area contributed by atoms with Gasteiger partial charge < -0.3 is 16.0 Å². The average Bonchev–Trinajstić information content (AvgIpc) is 2.64. The lowest BCUT2D eigenvalue weighted by atomic mass is 9.86. The summed E-state index contributed by atoms with van der Waals surface area (Å²) in [7, 11) is 0. The lowest BCUT2D eigenvalue weighted by Gasteiger charge is -2.19. The number of hydrogen-bond acceptors (Lipinski definition) is 3. The fraction of sp³-hybridized carbons (Fsp3) is 0.348. The Balaban J connectivity index is 1.88. The van der Waals surface area contributed by atoms with E-state index in [1.807, 2.05) is 12.1 Å². The SMILES string of the molecule is CC(=O)Nc1cccc(NC(=O)C(=O)NCCc2ccc(C(C)(C)C)cc2)c1C. The van der Waals surface area contributed by atoms with E-state index >= 15 is 0 Å². The Morgan fingerprint density at radius 2 is 1.45 bits per heavy atom. The molecule has 0 radical (unpaired) electrons. The standard InChI is InChI=1S/C23H29N3O3/c1-15-19(25-16(2)27)7-6-8-20(15)26-22(29)21(28)24-14-13-17-9-11-18(12-10-17)23(3,4)5/h6-12H,13-14H2,1-5H3,(H,24,28)(H,25,27)(H,26,29). The van der Waals surface area contributed by atoms with Crippen molar-refractivity contribution in [2.75, 3.05) is 17.2 Å². The van der Waals surface area contributed by atoms with Crippen LogP contribution >= 0.6 is 0 Å². The summed E-state index contributed by atoms with van der Waals surface area (Å²) >= 11 is 0. The molecule has 0 atom stereocenters. The molecule has 154 valence electrons. The van der Waals surface area contributed by atoms with Gasteiger partial charge in [-0.25, -0.2) is 0 Å². The van der Waals surface area contributed by atoms with Crippen LogP contribution in [0.5, 0.6) is 0 Å². The zero-order valence-corrected chi connectivity index (χ0v) is 17.7. The van der Waals surface area contributed by atoms with Gasteiger partial charge in [0, 0.05) is 24.8 Å². The highest BCUT2D eigenvalue weighted by molar-refractivity contribution is 6.39. The van der Waals surface area contributed by atoms with Gasteiger partial charge in [-0.2, -0.15) is 0 Å². The van der Waals surface area contributed by atoms with Gasteiger partial charge in [0.2, 0.25) is 5.91 Å². The van der Waals surface area contributed by atoms with E-state index in [-0.39, 0.29) is 11.3 Å². The second kappa shape index (κ2) is 9.37. The first-order valence-electron chi connectivity index (χ1n) is 9.63. The molecule has 0 aromatic heterocycles. The van der Waals surface area contributed by atoms with Crippen molar-refractivity contribution in [1.82, 2.24) is 5.32 Å². The topological polar surface area (TPSA) is 87.3 Å². The zero-order chi connectivity index (χ0) is 21.6. The van der Waals surface area contributed by atoms with Gasteiger partial charge in [-0.15, -0.1) is 0 Å². The lowest BCUT2D eigenvalue weighted by molar-refractivity contribution is -0.136. The molecule has 6 nitrogen and oxygen atoms in total. The maximum atomic E-state index is 12.2. The molecule has 3 amide bonds. The summed E-state index contributed by atoms with van der Waals surface area (Å²) < 4.78 is 0. The first-order chi connectivity index (χ1) is 13.6. The van der Waals surface area contributed by atoms with Crippen LogP contribution in [0.4, 0.5) is 11.4 Å². The Bertz CT molecular complexity index is 897. The largest absolute Gasteiger partial charge is 0.347 e. The summed E-state index contributed by atoms with van der Waals surface area (Å²) in [6, 6.07) is 13.4. The highest BCUT2D eigenvalue weighted by Crippen LogP contribution is 2.23. The van der Waals surface area contributed by atoms with Crippen molar-refractivity contribution >= 4 is 29.1 Å². The Labute approximate surface area is 172 Å². The molecular formula is C23H29N3O3. The van der Waals surface area contributed by atoms with Crippen LogP contribution in [-0.2, 0) is 26.2 Å². The number of hydrogen-bond donors (Lipinski definition) is 3. The second-order valence-electron chi connectivity index (χ2n) is 8.07. The van der Waals surface area contributed by atoms with Crippen molar-refractivity contribution in [1.29, 1.82) is 0 Å². The van der Waals surface area contributed by atoms with E-state index in [9.17, 15) is 14.4 Å². The number of anilines is 2. The molecular weight excluding hydrogens is 366 g/mol. The lowest BCUT2D eigenvalue weighted by Crippen LogP contribution is -2.36. The van der Waals surface area contributed by atoms with Crippen LogP contribution in [-0.4, -0.2) is 24.3 Å². The van der Waals surface area contributed by atoms with Gasteiger partial charge in [0.05, 0.1) is 0 Å². The zero-order valence-electron chi connectivity index (χ0n) is 17.7. The van der Waals surface area contributed by atoms with E-state index in [1.165, 1.54) is 12.5 Å². The van der Waals surface area contributed by atoms with Crippen molar-refractivity contribution < 1.29 is 14.4 Å². The Morgan fingerprint density at radius 1 is 0.862 bits per heavy atom. The molecule has 0 bridgehead atoms. The highest BCUT2D eigenvalue weighted by atomic mass is 16.2. The molecule has 6 heteroatoms. The molecule has 29 heavy (non-hydrogen) atoms. The van der Waals surface area contributed by atoms with E-state index in [2.05, 4.69) is 48.9 Å². The molecule has 0 aliphatic carbocycles. The number of amides is 3. The third-order valence-corrected chi connectivity index (χ3v) is 4.62. The van der Waals surface area contributed by atoms with E-state index < -0.39 is 11.8 Å². The van der Waals surface area contributed by atoms with Gasteiger partial charge in [0.15, 0.2) is 0 Å². The molecule has 0 aliphatic rings. The van der Waals surface area contributed by atoms with Crippen LogP contribution < -0.4 is 16.0 Å². The summed E-state index contributed by atoms with van der Waals surface area (Å²) in [5.74, 6) is -1.64. The number of nitrogens with one attached hydrogen (secondary N) is 3. The van der Waals surface area contributed by atoms with Crippen molar-refractivity contribution in [2.24, 2.45) is 0 Å². The first kappa shape index (κ1) is 22.1. The summed E-state index contributed by atoms with van der Waals surface area (Å²) in [6.07, 6.45) is 0.639. The third-order valence-electron chi connectivity index (χ3n) is 4.62. The normalized spacial score (nSPS) is 10.9. The van der Waals surface area contributed by atoms with Crippen LogP contribution in [0.1, 0.15) is 44.4 Å². The van der Waals surface area contributed by atoms with Crippen molar-refractivity contribution in [2.45, 2.75) is 46.5 Å².